The van der Waals surface area contributed by atoms with Crippen LogP contribution in [-0.4, -0.2) is 131 Å². The molecule has 3 aromatic rings. The third-order valence-corrected chi connectivity index (χ3v) is 8.11. The number of benzene rings is 1. The Morgan fingerprint density at radius 1 is 1.00 bits per heavy atom. The second-order valence-corrected chi connectivity index (χ2v) is 11.6. The van der Waals surface area contributed by atoms with Crippen molar-refractivity contribution in [2.75, 3.05) is 85.1 Å². The molecule has 3 heterocycles. The minimum Gasteiger partial charge on any atom is -0.469 e. The topological polar surface area (TPSA) is 181 Å². The summed E-state index contributed by atoms with van der Waals surface area (Å²) < 4.78 is 17.3. The van der Waals surface area contributed by atoms with Crippen molar-refractivity contribution >= 4 is 28.9 Å². The number of amides is 1. The molecule has 0 unspecified atom stereocenters. The molecule has 1 aromatic carbocycles. The Morgan fingerprint density at radius 2 is 1.72 bits per heavy atom. The number of carbonyl (C=O) groups excluding carboxylic acids is 2. The molecule has 258 valence electrons. The van der Waals surface area contributed by atoms with E-state index in [9.17, 15) is 14.4 Å². The zero-order valence-corrected chi connectivity index (χ0v) is 27.5. The van der Waals surface area contributed by atoms with Crippen LogP contribution in [0.2, 0.25) is 0 Å². The van der Waals surface area contributed by atoms with Crippen LogP contribution in [-0.2, 0) is 38.6 Å². The minimum absolute atomic E-state index is 0.00665. The Hall–Kier alpha value is -4.05. The Bertz CT molecular complexity index is 1490. The van der Waals surface area contributed by atoms with Crippen LogP contribution in [0, 0.1) is 0 Å². The number of esters is 1. The number of nitrogens with zero attached hydrogens (tertiary/aromatic N) is 6. The van der Waals surface area contributed by atoms with Crippen molar-refractivity contribution in [3.05, 3.63) is 45.9 Å². The average molecular weight is 657 g/mol. The van der Waals surface area contributed by atoms with Crippen LogP contribution < -0.4 is 16.2 Å². The van der Waals surface area contributed by atoms with Crippen molar-refractivity contribution < 1.29 is 28.9 Å². The normalized spacial score (nSPS) is 14.0. The maximum absolute atomic E-state index is 13.7. The van der Waals surface area contributed by atoms with Gasteiger partial charge in [0.05, 0.1) is 46.5 Å². The average Bonchev–Trinajstić information content (AvgIpc) is 3.39. The van der Waals surface area contributed by atoms with Gasteiger partial charge in [0.1, 0.15) is 5.52 Å². The van der Waals surface area contributed by atoms with Crippen LogP contribution in [0.25, 0.3) is 11.2 Å². The molecule has 1 aliphatic heterocycles. The number of aromatic nitrogens is 4. The van der Waals surface area contributed by atoms with Gasteiger partial charge in [-0.05, 0) is 24.0 Å². The van der Waals surface area contributed by atoms with Gasteiger partial charge in [-0.1, -0.05) is 37.6 Å². The molecule has 0 saturated carbocycles. The largest absolute Gasteiger partial charge is 0.469 e. The van der Waals surface area contributed by atoms with Crippen LogP contribution >= 0.6 is 0 Å². The molecule has 0 atom stereocenters. The quantitative estimate of drug-likeness (QED) is 0.121. The number of hydrogen-bond donors (Lipinski definition) is 3. The Kier molecular flexibility index (Phi) is 14.0. The van der Waals surface area contributed by atoms with Gasteiger partial charge in [0.15, 0.2) is 11.5 Å². The first kappa shape index (κ1) is 35.8. The summed E-state index contributed by atoms with van der Waals surface area (Å²) in [7, 11) is 1.36. The van der Waals surface area contributed by atoms with Crippen LogP contribution in [0.5, 0.6) is 6.01 Å². The Labute approximate surface area is 274 Å². The second kappa shape index (κ2) is 18.3. The summed E-state index contributed by atoms with van der Waals surface area (Å²) in [5.74, 6) is -0.179. The van der Waals surface area contributed by atoms with Crippen molar-refractivity contribution in [2.24, 2.45) is 0 Å². The molecule has 1 aliphatic rings. The van der Waals surface area contributed by atoms with Gasteiger partial charge in [-0.3, -0.25) is 24.0 Å². The van der Waals surface area contributed by atoms with E-state index in [0.29, 0.717) is 57.0 Å². The molecule has 4 N–H and O–H groups in total. The zero-order valence-electron chi connectivity index (χ0n) is 27.5. The van der Waals surface area contributed by atoms with Gasteiger partial charge in [-0.15, -0.1) is 0 Å². The van der Waals surface area contributed by atoms with Gasteiger partial charge in [0, 0.05) is 52.4 Å². The predicted octanol–water partition coefficient (Wildman–Crippen LogP) is 0.642. The van der Waals surface area contributed by atoms with Crippen LogP contribution in [0.3, 0.4) is 0 Å². The van der Waals surface area contributed by atoms with Crippen molar-refractivity contribution in [3.8, 4) is 6.01 Å². The lowest BCUT2D eigenvalue weighted by Gasteiger charge is -2.35. The number of ether oxygens (including phenoxy) is 3. The van der Waals surface area contributed by atoms with Gasteiger partial charge in [0.2, 0.25) is 5.91 Å². The number of nitrogen functional groups attached to an aromatic ring is 1. The third-order valence-electron chi connectivity index (χ3n) is 8.11. The van der Waals surface area contributed by atoms with Crippen molar-refractivity contribution in [1.29, 1.82) is 0 Å². The zero-order chi connectivity index (χ0) is 33.6. The number of piperazine rings is 1. The highest BCUT2D eigenvalue weighted by molar-refractivity contribution is 5.82. The number of aryl methyl sites for hydroxylation is 1. The first-order valence-electron chi connectivity index (χ1n) is 16.3. The molecule has 15 heteroatoms. The number of hydrogen-bond acceptors (Lipinski definition) is 12. The highest BCUT2D eigenvalue weighted by Crippen LogP contribution is 2.18. The van der Waals surface area contributed by atoms with Gasteiger partial charge in [-0.25, -0.2) is 4.79 Å². The summed E-state index contributed by atoms with van der Waals surface area (Å²) in [6, 6.07) is 7.70. The van der Waals surface area contributed by atoms with E-state index < -0.39 is 0 Å². The molecule has 1 saturated heterocycles. The van der Waals surface area contributed by atoms with Gasteiger partial charge >= 0.3 is 17.7 Å². The number of fused-ring (bicyclic) bond motifs is 1. The summed E-state index contributed by atoms with van der Waals surface area (Å²) in [5.41, 5.74) is 8.24. The number of nitrogens with two attached hydrogens (primary N) is 1. The monoisotopic (exact) mass is 656 g/mol. The summed E-state index contributed by atoms with van der Waals surface area (Å²) in [6.45, 7) is 8.77. The summed E-state index contributed by atoms with van der Waals surface area (Å²) in [6.07, 6.45) is 2.47. The van der Waals surface area contributed by atoms with E-state index in [2.05, 4.69) is 31.7 Å². The highest BCUT2D eigenvalue weighted by Gasteiger charge is 2.23. The molecular formula is C32H48N8O7. The lowest BCUT2D eigenvalue weighted by Crippen LogP contribution is -2.50. The molecule has 4 rings (SSSR count). The van der Waals surface area contributed by atoms with Gasteiger partial charge in [0.25, 0.3) is 0 Å². The number of H-pyrrole nitrogens is 1. The number of methoxy groups -OCH3 is 1. The fourth-order valence-corrected chi connectivity index (χ4v) is 5.37. The number of nitrogens with one attached hydrogen (secondary N) is 1. The molecule has 47 heavy (non-hydrogen) atoms. The smallest absolute Gasteiger partial charge is 0.327 e. The fourth-order valence-electron chi connectivity index (χ4n) is 5.37. The van der Waals surface area contributed by atoms with Crippen LogP contribution in [0.15, 0.2) is 29.1 Å². The SMILES string of the molecule is CCCCOc1nc(N)c2[nH]c(=O)n(CCCN(Cc3ccc(CC(=O)OC)cc3)C(=O)CN3CCN(CCOCCO)CC3)c2n1. The first-order chi connectivity index (χ1) is 22.8. The number of rotatable bonds is 19. The van der Waals surface area contributed by atoms with Crippen LogP contribution in [0.4, 0.5) is 5.82 Å². The van der Waals surface area contributed by atoms with E-state index in [-0.39, 0.29) is 49.0 Å². The maximum Gasteiger partial charge on any atom is 0.327 e. The standard InChI is InChI=1S/C32H48N8O7/c1-3-4-18-47-31-35-29(33)28-30(36-31)40(32(44)34-28)11-5-10-39(22-25-8-6-24(7-9-25)21-27(43)45-2)26(42)23-38-14-12-37(13-15-38)16-19-46-20-17-41/h6-9,41H,3-5,10-23H2,1-2H3,(H,34,44)(H2,33,35,36). The first-order valence-corrected chi connectivity index (χ1v) is 16.3. The van der Waals surface area contributed by atoms with E-state index >= 15 is 0 Å². The molecule has 15 nitrogen and oxygen atoms in total. The number of aliphatic hydroxyl groups excluding tert-OH is 1. The number of unbranched alkanes of at least 4 members (excludes halogenated alkanes) is 1. The van der Waals surface area contributed by atoms with Crippen molar-refractivity contribution in [2.45, 2.75) is 45.7 Å². The van der Waals surface area contributed by atoms with Crippen LogP contribution in [0.1, 0.15) is 37.3 Å². The van der Waals surface area contributed by atoms with E-state index in [4.69, 9.17) is 25.1 Å². The van der Waals surface area contributed by atoms with Crippen molar-refractivity contribution in [3.63, 3.8) is 0 Å². The van der Waals surface area contributed by atoms with Crippen molar-refractivity contribution in [1.82, 2.24) is 34.2 Å². The summed E-state index contributed by atoms with van der Waals surface area (Å²) in [5, 5.41) is 8.89. The molecule has 0 radical (unpaired) electrons. The Morgan fingerprint density at radius 3 is 2.43 bits per heavy atom. The van der Waals surface area contributed by atoms with E-state index in [1.807, 2.05) is 29.2 Å². The summed E-state index contributed by atoms with van der Waals surface area (Å²) in [4.78, 5) is 55.9. The Balaban J connectivity index is 1.42. The van der Waals surface area contributed by atoms with E-state index in [1.54, 1.807) is 0 Å². The molecule has 1 amide bonds. The number of aromatic amines is 1. The number of carbonyl (C=O) groups is 2. The van der Waals surface area contributed by atoms with Gasteiger partial charge in [-0.2, -0.15) is 9.97 Å². The summed E-state index contributed by atoms with van der Waals surface area (Å²) >= 11 is 0. The number of anilines is 1. The fraction of sp³-hybridized carbons (Fsp3) is 0.594. The lowest BCUT2D eigenvalue weighted by atomic mass is 10.1. The maximum atomic E-state index is 13.7. The molecule has 0 bridgehead atoms. The molecular weight excluding hydrogens is 608 g/mol. The number of aliphatic hydroxyl groups is 1. The van der Waals surface area contributed by atoms with E-state index in [0.717, 1.165) is 56.7 Å². The minimum atomic E-state index is -0.356. The number of imidazole rings is 1. The highest BCUT2D eigenvalue weighted by atomic mass is 16.5. The lowest BCUT2D eigenvalue weighted by molar-refractivity contribution is -0.139. The molecule has 0 aliphatic carbocycles. The van der Waals surface area contributed by atoms with Gasteiger partial charge < -0.3 is 34.9 Å². The van der Waals surface area contributed by atoms with E-state index in [1.165, 1.54) is 11.7 Å². The third kappa shape index (κ3) is 10.7. The second-order valence-electron chi connectivity index (χ2n) is 11.6. The predicted molar refractivity (Wildman–Crippen MR) is 176 cm³/mol. The molecule has 0 spiro atoms. The molecule has 1 fully saturated rings. The molecule has 2 aromatic heterocycles.